The standard InChI is InChI=1S/C10H12FNO4S/c1-6(2)12-17(15,16)9-4-3-7(10(13)14)5-8(9)11/h3-6,12H,1-2H3,(H,13,14). The molecule has 1 rings (SSSR count). The molecule has 0 aliphatic heterocycles. The summed E-state index contributed by atoms with van der Waals surface area (Å²) < 4.78 is 39.0. The Hall–Kier alpha value is -1.47. The molecule has 0 saturated carbocycles. The van der Waals surface area contributed by atoms with Crippen LogP contribution in [0.1, 0.15) is 24.2 Å². The number of benzene rings is 1. The lowest BCUT2D eigenvalue weighted by Gasteiger charge is -2.10. The molecule has 0 bridgehead atoms. The highest BCUT2D eigenvalue weighted by atomic mass is 32.2. The van der Waals surface area contributed by atoms with Crippen molar-refractivity contribution in [1.82, 2.24) is 4.72 Å². The molecule has 1 aromatic carbocycles. The predicted octanol–water partition coefficient (Wildman–Crippen LogP) is 1.21. The van der Waals surface area contributed by atoms with Crippen molar-refractivity contribution in [3.8, 4) is 0 Å². The number of sulfonamides is 1. The summed E-state index contributed by atoms with van der Waals surface area (Å²) in [5.41, 5.74) is -0.300. The largest absolute Gasteiger partial charge is 0.478 e. The Morgan fingerprint density at radius 1 is 1.41 bits per heavy atom. The summed E-state index contributed by atoms with van der Waals surface area (Å²) in [6.45, 7) is 3.20. The lowest BCUT2D eigenvalue weighted by molar-refractivity contribution is 0.0696. The zero-order valence-corrected chi connectivity index (χ0v) is 10.1. The van der Waals surface area contributed by atoms with E-state index >= 15 is 0 Å². The number of aromatic carboxylic acids is 1. The van der Waals surface area contributed by atoms with Gasteiger partial charge in [-0.2, -0.15) is 0 Å². The van der Waals surface area contributed by atoms with Gasteiger partial charge < -0.3 is 5.11 Å². The lowest BCUT2D eigenvalue weighted by Crippen LogP contribution is -2.30. The first-order valence-corrected chi connectivity index (χ1v) is 6.27. The fraction of sp³-hybridized carbons (Fsp3) is 0.300. The van der Waals surface area contributed by atoms with Crippen LogP contribution >= 0.6 is 0 Å². The molecule has 0 radical (unpaired) electrons. The molecule has 0 atom stereocenters. The van der Waals surface area contributed by atoms with Gasteiger partial charge in [0.2, 0.25) is 10.0 Å². The number of carboxylic acids is 1. The van der Waals surface area contributed by atoms with E-state index in [0.29, 0.717) is 6.07 Å². The molecule has 1 aromatic rings. The fourth-order valence-corrected chi connectivity index (χ4v) is 2.54. The van der Waals surface area contributed by atoms with Crippen molar-refractivity contribution in [3.05, 3.63) is 29.6 Å². The molecule has 0 spiro atoms. The van der Waals surface area contributed by atoms with Gasteiger partial charge in [0, 0.05) is 6.04 Å². The fourth-order valence-electron chi connectivity index (χ4n) is 1.23. The summed E-state index contributed by atoms with van der Waals surface area (Å²) in [6.07, 6.45) is 0. The quantitative estimate of drug-likeness (QED) is 0.853. The normalized spacial score (nSPS) is 11.8. The monoisotopic (exact) mass is 261 g/mol. The van der Waals surface area contributed by atoms with Crippen LogP contribution < -0.4 is 4.72 Å². The highest BCUT2D eigenvalue weighted by molar-refractivity contribution is 7.89. The van der Waals surface area contributed by atoms with Crippen molar-refractivity contribution in [2.24, 2.45) is 0 Å². The van der Waals surface area contributed by atoms with Crippen molar-refractivity contribution >= 4 is 16.0 Å². The molecule has 7 heteroatoms. The molecule has 0 aromatic heterocycles. The summed E-state index contributed by atoms with van der Waals surface area (Å²) in [5.74, 6) is -2.40. The Kier molecular flexibility index (Phi) is 3.84. The first-order valence-electron chi connectivity index (χ1n) is 4.79. The van der Waals surface area contributed by atoms with E-state index in [-0.39, 0.29) is 11.6 Å². The van der Waals surface area contributed by atoms with E-state index in [4.69, 9.17) is 5.11 Å². The minimum absolute atomic E-state index is 0.300. The molecule has 94 valence electrons. The summed E-state index contributed by atoms with van der Waals surface area (Å²) in [6, 6.07) is 2.28. The van der Waals surface area contributed by atoms with Crippen molar-refractivity contribution in [1.29, 1.82) is 0 Å². The number of hydrogen-bond acceptors (Lipinski definition) is 3. The number of carbonyl (C=O) groups is 1. The minimum atomic E-state index is -3.95. The van der Waals surface area contributed by atoms with E-state index in [0.717, 1.165) is 12.1 Å². The maximum Gasteiger partial charge on any atom is 0.335 e. The van der Waals surface area contributed by atoms with Gasteiger partial charge in [-0.15, -0.1) is 0 Å². The van der Waals surface area contributed by atoms with Gasteiger partial charge in [-0.1, -0.05) is 0 Å². The average molecular weight is 261 g/mol. The topological polar surface area (TPSA) is 83.5 Å². The molecule has 2 N–H and O–H groups in total. The summed E-state index contributed by atoms with van der Waals surface area (Å²) in [7, 11) is -3.95. The van der Waals surface area contributed by atoms with E-state index in [1.807, 2.05) is 0 Å². The van der Waals surface area contributed by atoms with Gasteiger partial charge in [-0.25, -0.2) is 22.3 Å². The Labute approximate surface area is 98.3 Å². The van der Waals surface area contributed by atoms with Crippen molar-refractivity contribution < 1.29 is 22.7 Å². The molecule has 0 aliphatic carbocycles. The molecule has 0 saturated heterocycles. The second-order valence-corrected chi connectivity index (χ2v) is 5.41. The third-order valence-electron chi connectivity index (χ3n) is 1.86. The maximum absolute atomic E-state index is 13.5. The molecule has 0 aliphatic rings. The Morgan fingerprint density at radius 3 is 2.41 bits per heavy atom. The van der Waals surface area contributed by atoms with Crippen LogP contribution in [-0.4, -0.2) is 25.5 Å². The summed E-state index contributed by atoms with van der Waals surface area (Å²) in [4.78, 5) is 10.0. The number of hydrogen-bond donors (Lipinski definition) is 2. The van der Waals surface area contributed by atoms with E-state index in [1.54, 1.807) is 13.8 Å². The van der Waals surface area contributed by atoms with Crippen LogP contribution in [0, 0.1) is 5.82 Å². The van der Waals surface area contributed by atoms with Gasteiger partial charge in [0.25, 0.3) is 0 Å². The number of carboxylic acid groups (broad SMARTS) is 1. The van der Waals surface area contributed by atoms with E-state index in [1.165, 1.54) is 0 Å². The highest BCUT2D eigenvalue weighted by Crippen LogP contribution is 2.16. The van der Waals surface area contributed by atoms with Crippen molar-refractivity contribution in [3.63, 3.8) is 0 Å². The first kappa shape index (κ1) is 13.6. The van der Waals surface area contributed by atoms with Crippen molar-refractivity contribution in [2.75, 3.05) is 0 Å². The average Bonchev–Trinajstić information content (AvgIpc) is 2.14. The zero-order chi connectivity index (χ0) is 13.2. The van der Waals surface area contributed by atoms with Gasteiger partial charge in [0.05, 0.1) is 5.56 Å². The van der Waals surface area contributed by atoms with Gasteiger partial charge in [0.15, 0.2) is 0 Å². The van der Waals surface area contributed by atoms with E-state index in [2.05, 4.69) is 4.72 Å². The summed E-state index contributed by atoms with van der Waals surface area (Å²) in [5, 5.41) is 8.62. The molecule has 0 heterocycles. The molecule has 17 heavy (non-hydrogen) atoms. The lowest BCUT2D eigenvalue weighted by atomic mass is 10.2. The number of nitrogens with one attached hydrogen (secondary N) is 1. The van der Waals surface area contributed by atoms with Crippen LogP contribution in [0.4, 0.5) is 4.39 Å². The van der Waals surface area contributed by atoms with Crippen LogP contribution in [0.15, 0.2) is 23.1 Å². The first-order chi connectivity index (χ1) is 7.74. The Bertz CT molecular complexity index is 539. The maximum atomic E-state index is 13.5. The third kappa shape index (κ3) is 3.24. The zero-order valence-electron chi connectivity index (χ0n) is 9.27. The smallest absolute Gasteiger partial charge is 0.335 e. The second-order valence-electron chi connectivity index (χ2n) is 3.73. The Morgan fingerprint density at radius 2 is 2.00 bits per heavy atom. The number of rotatable bonds is 4. The molecule has 0 unspecified atom stereocenters. The Balaban J connectivity index is 3.21. The van der Waals surface area contributed by atoms with Crippen LogP contribution in [0.25, 0.3) is 0 Å². The van der Waals surface area contributed by atoms with Gasteiger partial charge in [0.1, 0.15) is 10.7 Å². The van der Waals surface area contributed by atoms with Crippen LogP contribution in [0.5, 0.6) is 0 Å². The van der Waals surface area contributed by atoms with Crippen molar-refractivity contribution in [2.45, 2.75) is 24.8 Å². The van der Waals surface area contributed by atoms with Crippen LogP contribution in [0.2, 0.25) is 0 Å². The van der Waals surface area contributed by atoms with Gasteiger partial charge in [-0.3, -0.25) is 0 Å². The predicted molar refractivity (Wildman–Crippen MR) is 58.8 cm³/mol. The molecule has 0 fully saturated rings. The molecular formula is C10H12FNO4S. The van der Waals surface area contributed by atoms with E-state index in [9.17, 15) is 17.6 Å². The SMILES string of the molecule is CC(C)NS(=O)(=O)c1ccc(C(=O)O)cc1F. The van der Waals surface area contributed by atoms with Gasteiger partial charge >= 0.3 is 5.97 Å². The minimum Gasteiger partial charge on any atom is -0.478 e. The molecule has 0 amide bonds. The van der Waals surface area contributed by atoms with E-state index < -0.39 is 26.7 Å². The second kappa shape index (κ2) is 4.80. The highest BCUT2D eigenvalue weighted by Gasteiger charge is 2.21. The van der Waals surface area contributed by atoms with Crippen LogP contribution in [0.3, 0.4) is 0 Å². The molecular weight excluding hydrogens is 249 g/mol. The van der Waals surface area contributed by atoms with Crippen LogP contribution in [-0.2, 0) is 10.0 Å². The third-order valence-corrected chi connectivity index (χ3v) is 3.55. The van der Waals surface area contributed by atoms with Gasteiger partial charge in [-0.05, 0) is 32.0 Å². The number of halogens is 1. The summed E-state index contributed by atoms with van der Waals surface area (Å²) >= 11 is 0. The molecule has 5 nitrogen and oxygen atoms in total.